The van der Waals surface area contributed by atoms with Gasteiger partial charge in [-0.15, -0.1) is 0 Å². The Hall–Kier alpha value is -0.890. The minimum absolute atomic E-state index is 0.0361. The Morgan fingerprint density at radius 1 is 1.08 bits per heavy atom. The van der Waals surface area contributed by atoms with Crippen molar-refractivity contribution in [3.05, 3.63) is 10.4 Å². The van der Waals surface area contributed by atoms with E-state index in [9.17, 15) is 5.11 Å². The van der Waals surface area contributed by atoms with Crippen LogP contribution in [0.15, 0.2) is 5.11 Å². The summed E-state index contributed by atoms with van der Waals surface area (Å²) < 4.78 is 23.6. The number of aliphatic hydroxyl groups excluding tert-OH is 1. The second kappa shape index (κ2) is 8.66. The van der Waals surface area contributed by atoms with Crippen molar-refractivity contribution >= 4 is 0 Å². The molecule has 0 spiro atoms. The van der Waals surface area contributed by atoms with E-state index in [-0.39, 0.29) is 36.1 Å². The van der Waals surface area contributed by atoms with Crippen LogP contribution in [-0.2, 0) is 18.9 Å². The fourth-order valence-corrected chi connectivity index (χ4v) is 3.78. The highest BCUT2D eigenvalue weighted by molar-refractivity contribution is 4.93. The molecule has 0 aromatic carbocycles. The third kappa shape index (κ3) is 4.10. The molecule has 4 unspecified atom stereocenters. The molecule has 8 nitrogen and oxygen atoms in total. The van der Waals surface area contributed by atoms with Crippen molar-refractivity contribution in [1.29, 1.82) is 0 Å². The van der Waals surface area contributed by atoms with Gasteiger partial charge in [-0.3, -0.25) is 0 Å². The zero-order valence-corrected chi connectivity index (χ0v) is 15.9. The quantitative estimate of drug-likeness (QED) is 0.462. The number of rotatable bonds is 5. The van der Waals surface area contributed by atoms with Gasteiger partial charge in [0, 0.05) is 17.9 Å². The van der Waals surface area contributed by atoms with Gasteiger partial charge in [-0.2, -0.15) is 0 Å². The standard InChI is InChI=1S/C17H31N3O5/c1-7-12-15(10(4)13(19-20-18)17(22-6)24-12)25-16-9(3)8(2)14(21)11(5)23-16/h8-17,21H,7H2,1-6H3/t8?,9-,10?,11?,12?,13-,14-,15-,16+,17-/m0/s1. The summed E-state index contributed by atoms with van der Waals surface area (Å²) >= 11 is 0. The van der Waals surface area contributed by atoms with Crippen LogP contribution in [-0.4, -0.2) is 55.3 Å². The van der Waals surface area contributed by atoms with E-state index in [1.807, 2.05) is 34.6 Å². The molecule has 0 aromatic heterocycles. The SMILES string of the molecule is CCC1O[C@H](OC)[C@@H](N=[N+]=[N-])C(C)[C@@H]1O[C@H]1OC(C)[C@@H](O)C(C)[C@@H]1C. The van der Waals surface area contributed by atoms with Gasteiger partial charge in [0.1, 0.15) is 0 Å². The number of ether oxygens (including phenoxy) is 4. The van der Waals surface area contributed by atoms with Gasteiger partial charge in [0.15, 0.2) is 12.6 Å². The van der Waals surface area contributed by atoms with Gasteiger partial charge >= 0.3 is 0 Å². The molecule has 0 aliphatic carbocycles. The van der Waals surface area contributed by atoms with E-state index in [1.165, 1.54) is 0 Å². The topological polar surface area (TPSA) is 106 Å². The smallest absolute Gasteiger partial charge is 0.166 e. The second-order valence-corrected chi connectivity index (χ2v) is 7.26. The Morgan fingerprint density at radius 3 is 2.32 bits per heavy atom. The normalized spacial score (nSPS) is 48.0. The molecule has 8 heteroatoms. The number of hydrogen-bond donors (Lipinski definition) is 1. The van der Waals surface area contributed by atoms with E-state index >= 15 is 0 Å². The first-order valence-corrected chi connectivity index (χ1v) is 9.07. The molecular formula is C17H31N3O5. The second-order valence-electron chi connectivity index (χ2n) is 7.26. The molecule has 0 saturated carbocycles. The number of azide groups is 1. The number of aliphatic hydroxyl groups is 1. The monoisotopic (exact) mass is 357 g/mol. The fourth-order valence-electron chi connectivity index (χ4n) is 3.78. The van der Waals surface area contributed by atoms with Crippen LogP contribution in [0.3, 0.4) is 0 Å². The minimum Gasteiger partial charge on any atom is -0.390 e. The van der Waals surface area contributed by atoms with Gasteiger partial charge in [-0.25, -0.2) is 0 Å². The summed E-state index contributed by atoms with van der Waals surface area (Å²) in [4.78, 5) is 2.93. The van der Waals surface area contributed by atoms with Crippen LogP contribution in [0.1, 0.15) is 41.0 Å². The summed E-state index contributed by atoms with van der Waals surface area (Å²) in [6, 6.07) is -0.470. The van der Waals surface area contributed by atoms with Crippen molar-refractivity contribution in [2.24, 2.45) is 22.9 Å². The molecule has 2 aliphatic rings. The maximum Gasteiger partial charge on any atom is 0.166 e. The van der Waals surface area contributed by atoms with Crippen LogP contribution in [0, 0.1) is 17.8 Å². The van der Waals surface area contributed by atoms with Crippen LogP contribution < -0.4 is 0 Å². The Labute approximate surface area is 149 Å². The van der Waals surface area contributed by atoms with Crippen molar-refractivity contribution in [2.45, 2.75) is 84.1 Å². The average Bonchev–Trinajstić information content (AvgIpc) is 2.61. The third-order valence-electron chi connectivity index (χ3n) is 5.75. The maximum absolute atomic E-state index is 10.2. The summed E-state index contributed by atoms with van der Waals surface area (Å²) in [6.07, 6.45) is -1.55. The fraction of sp³-hybridized carbons (Fsp3) is 1.00. The van der Waals surface area contributed by atoms with E-state index in [0.29, 0.717) is 0 Å². The highest BCUT2D eigenvalue weighted by Gasteiger charge is 2.47. The van der Waals surface area contributed by atoms with Crippen LogP contribution in [0.4, 0.5) is 0 Å². The van der Waals surface area contributed by atoms with E-state index in [1.54, 1.807) is 7.11 Å². The molecule has 0 amide bonds. The van der Waals surface area contributed by atoms with Crippen molar-refractivity contribution in [1.82, 2.24) is 0 Å². The van der Waals surface area contributed by atoms with Gasteiger partial charge < -0.3 is 24.1 Å². The van der Waals surface area contributed by atoms with Crippen molar-refractivity contribution in [3.63, 3.8) is 0 Å². The first-order chi connectivity index (χ1) is 11.8. The lowest BCUT2D eigenvalue weighted by Crippen LogP contribution is -2.57. The third-order valence-corrected chi connectivity index (χ3v) is 5.75. The molecule has 2 saturated heterocycles. The molecular weight excluding hydrogens is 326 g/mol. The van der Waals surface area contributed by atoms with Crippen molar-refractivity contribution in [3.8, 4) is 0 Å². The highest BCUT2D eigenvalue weighted by Crippen LogP contribution is 2.37. The summed E-state index contributed by atoms with van der Waals surface area (Å²) in [5.41, 5.74) is 8.87. The number of hydrogen-bond acceptors (Lipinski definition) is 6. The zero-order valence-electron chi connectivity index (χ0n) is 15.9. The molecule has 2 rings (SSSR count). The van der Waals surface area contributed by atoms with E-state index in [4.69, 9.17) is 24.5 Å². The van der Waals surface area contributed by atoms with E-state index < -0.39 is 24.7 Å². The molecule has 0 bridgehead atoms. The minimum atomic E-state index is -0.583. The molecule has 1 N–H and O–H groups in total. The summed E-state index contributed by atoms with van der Waals surface area (Å²) in [5.74, 6) is 0.00933. The van der Waals surface area contributed by atoms with Gasteiger partial charge in [-0.1, -0.05) is 32.8 Å². The molecule has 2 fully saturated rings. The molecule has 25 heavy (non-hydrogen) atoms. The zero-order chi connectivity index (χ0) is 18.7. The summed E-state index contributed by atoms with van der Waals surface area (Å²) in [6.45, 7) is 9.88. The molecule has 0 radical (unpaired) electrons. The number of methoxy groups -OCH3 is 1. The maximum atomic E-state index is 10.2. The Balaban J connectivity index is 2.19. The summed E-state index contributed by atoms with van der Waals surface area (Å²) in [5, 5.41) is 14.1. The molecule has 2 heterocycles. The van der Waals surface area contributed by atoms with Crippen LogP contribution in [0.25, 0.3) is 10.4 Å². The largest absolute Gasteiger partial charge is 0.390 e. The predicted octanol–water partition coefficient (Wildman–Crippen LogP) is 2.85. The van der Waals surface area contributed by atoms with Gasteiger partial charge in [0.25, 0.3) is 0 Å². The lowest BCUT2D eigenvalue weighted by Gasteiger charge is -2.47. The van der Waals surface area contributed by atoms with Gasteiger partial charge in [0.05, 0.1) is 30.5 Å². The molecule has 0 aromatic rings. The predicted molar refractivity (Wildman–Crippen MR) is 91.6 cm³/mol. The van der Waals surface area contributed by atoms with Gasteiger partial charge in [-0.05, 0) is 30.7 Å². The highest BCUT2D eigenvalue weighted by atomic mass is 16.7. The lowest BCUT2D eigenvalue weighted by atomic mass is 9.84. The first kappa shape index (κ1) is 20.4. The summed E-state index contributed by atoms with van der Waals surface area (Å²) in [7, 11) is 1.54. The molecule has 10 atom stereocenters. The Bertz CT molecular complexity index is 487. The molecule has 144 valence electrons. The average molecular weight is 357 g/mol. The number of nitrogens with zero attached hydrogens (tertiary/aromatic N) is 3. The van der Waals surface area contributed by atoms with Crippen LogP contribution in [0.5, 0.6) is 0 Å². The van der Waals surface area contributed by atoms with Gasteiger partial charge in [0.2, 0.25) is 0 Å². The van der Waals surface area contributed by atoms with E-state index in [0.717, 1.165) is 6.42 Å². The molecule has 2 aliphatic heterocycles. The van der Waals surface area contributed by atoms with Crippen LogP contribution >= 0.6 is 0 Å². The van der Waals surface area contributed by atoms with E-state index in [2.05, 4.69) is 10.0 Å². The Kier molecular flexibility index (Phi) is 7.08. The Morgan fingerprint density at radius 2 is 1.76 bits per heavy atom. The van der Waals surface area contributed by atoms with Crippen molar-refractivity contribution in [2.75, 3.05) is 7.11 Å². The first-order valence-electron chi connectivity index (χ1n) is 9.07. The van der Waals surface area contributed by atoms with Crippen LogP contribution in [0.2, 0.25) is 0 Å². The van der Waals surface area contributed by atoms with Crippen molar-refractivity contribution < 1.29 is 24.1 Å². The lowest BCUT2D eigenvalue weighted by molar-refractivity contribution is -0.316.